The second kappa shape index (κ2) is 5.92. The molecule has 0 fully saturated rings. The van der Waals surface area contributed by atoms with E-state index in [1.807, 2.05) is 13.0 Å². The van der Waals surface area contributed by atoms with Crippen LogP contribution in [0.3, 0.4) is 0 Å². The zero-order valence-electron chi connectivity index (χ0n) is 12.4. The summed E-state index contributed by atoms with van der Waals surface area (Å²) in [6.45, 7) is 2.42. The minimum Gasteiger partial charge on any atom is -0.494 e. The summed E-state index contributed by atoms with van der Waals surface area (Å²) in [5, 5.41) is 9.41. The van der Waals surface area contributed by atoms with Crippen molar-refractivity contribution in [1.29, 1.82) is 0 Å². The van der Waals surface area contributed by atoms with E-state index in [4.69, 9.17) is 9.84 Å². The highest BCUT2D eigenvalue weighted by Gasteiger charge is 2.10. The Morgan fingerprint density at radius 3 is 2.83 bits per heavy atom. The summed E-state index contributed by atoms with van der Waals surface area (Å²) in [6.07, 6.45) is 0. The van der Waals surface area contributed by atoms with Crippen LogP contribution >= 0.6 is 0 Å². The van der Waals surface area contributed by atoms with Crippen LogP contribution in [-0.2, 0) is 0 Å². The van der Waals surface area contributed by atoms with Crippen molar-refractivity contribution in [1.82, 2.24) is 9.97 Å². The molecule has 1 aromatic heterocycles. The molecule has 0 aliphatic carbocycles. The summed E-state index contributed by atoms with van der Waals surface area (Å²) >= 11 is 0. The fourth-order valence-corrected chi connectivity index (χ4v) is 2.31. The normalized spacial score (nSPS) is 10.7. The molecule has 0 radical (unpaired) electrons. The molecule has 0 spiro atoms. The van der Waals surface area contributed by atoms with Crippen LogP contribution < -0.4 is 10.3 Å². The molecule has 6 heteroatoms. The van der Waals surface area contributed by atoms with E-state index in [9.17, 15) is 9.59 Å². The van der Waals surface area contributed by atoms with Gasteiger partial charge in [-0.25, -0.2) is 9.78 Å². The van der Waals surface area contributed by atoms with Gasteiger partial charge < -0.3 is 14.8 Å². The zero-order valence-corrected chi connectivity index (χ0v) is 12.4. The molecule has 23 heavy (non-hydrogen) atoms. The maximum atomic E-state index is 12.2. The van der Waals surface area contributed by atoms with Gasteiger partial charge in [0.15, 0.2) is 0 Å². The Bertz CT molecular complexity index is 947. The van der Waals surface area contributed by atoms with Gasteiger partial charge >= 0.3 is 5.97 Å². The number of aromatic carboxylic acids is 1. The molecule has 3 rings (SSSR count). The Morgan fingerprint density at radius 2 is 2.09 bits per heavy atom. The fraction of sp³-hybridized carbons (Fsp3) is 0.118. The number of hydrogen-bond donors (Lipinski definition) is 2. The number of aromatic nitrogens is 2. The third-order valence-corrected chi connectivity index (χ3v) is 3.37. The maximum Gasteiger partial charge on any atom is 0.335 e. The number of rotatable bonds is 4. The van der Waals surface area contributed by atoms with Crippen LogP contribution in [0.1, 0.15) is 17.3 Å². The van der Waals surface area contributed by atoms with E-state index < -0.39 is 5.97 Å². The van der Waals surface area contributed by atoms with Gasteiger partial charge in [0.2, 0.25) is 0 Å². The number of carboxylic acids is 1. The minimum absolute atomic E-state index is 0.0876. The van der Waals surface area contributed by atoms with E-state index in [2.05, 4.69) is 9.97 Å². The third-order valence-electron chi connectivity index (χ3n) is 3.37. The number of nitrogens with one attached hydrogen (secondary N) is 1. The quantitative estimate of drug-likeness (QED) is 0.773. The molecular weight excluding hydrogens is 296 g/mol. The van der Waals surface area contributed by atoms with Crippen LogP contribution in [0.15, 0.2) is 47.3 Å². The van der Waals surface area contributed by atoms with Gasteiger partial charge in [-0.3, -0.25) is 4.79 Å². The Morgan fingerprint density at radius 1 is 1.26 bits per heavy atom. The van der Waals surface area contributed by atoms with Gasteiger partial charge in [-0.2, -0.15) is 0 Å². The Hall–Kier alpha value is -3.15. The number of ether oxygens (including phenoxy) is 1. The van der Waals surface area contributed by atoms with E-state index in [0.717, 1.165) is 0 Å². The SMILES string of the molecule is CCOc1cccc(-c2nc3cc(C(=O)O)ccc3c(=O)[nH]2)c1. The van der Waals surface area contributed by atoms with Crippen LogP contribution in [0, 0.1) is 0 Å². The van der Waals surface area contributed by atoms with E-state index >= 15 is 0 Å². The summed E-state index contributed by atoms with van der Waals surface area (Å²) in [4.78, 5) is 30.4. The number of aromatic amines is 1. The van der Waals surface area contributed by atoms with E-state index in [1.54, 1.807) is 18.2 Å². The van der Waals surface area contributed by atoms with Gasteiger partial charge in [0.25, 0.3) is 5.56 Å². The van der Waals surface area contributed by atoms with Crippen molar-refractivity contribution in [3.63, 3.8) is 0 Å². The smallest absolute Gasteiger partial charge is 0.335 e. The zero-order chi connectivity index (χ0) is 16.4. The van der Waals surface area contributed by atoms with Crippen LogP contribution in [-0.4, -0.2) is 27.7 Å². The number of fused-ring (bicyclic) bond motifs is 1. The average Bonchev–Trinajstić information content (AvgIpc) is 2.55. The van der Waals surface area contributed by atoms with Crippen molar-refractivity contribution < 1.29 is 14.6 Å². The van der Waals surface area contributed by atoms with Crippen molar-refractivity contribution in [2.75, 3.05) is 6.61 Å². The number of nitrogens with zero attached hydrogens (tertiary/aromatic N) is 1. The maximum absolute atomic E-state index is 12.2. The molecule has 1 heterocycles. The second-order valence-corrected chi connectivity index (χ2v) is 4.91. The van der Waals surface area contributed by atoms with Gasteiger partial charge in [-0.15, -0.1) is 0 Å². The molecule has 0 saturated heterocycles. The first-order chi connectivity index (χ1) is 11.1. The Kier molecular flexibility index (Phi) is 3.80. The van der Waals surface area contributed by atoms with Gasteiger partial charge in [-0.05, 0) is 37.3 Å². The van der Waals surface area contributed by atoms with Gasteiger partial charge in [0, 0.05) is 5.56 Å². The first-order valence-electron chi connectivity index (χ1n) is 7.09. The summed E-state index contributed by atoms with van der Waals surface area (Å²) < 4.78 is 5.44. The van der Waals surface area contributed by atoms with Crippen molar-refractivity contribution in [3.8, 4) is 17.1 Å². The first kappa shape index (κ1) is 14.8. The predicted octanol–water partition coefficient (Wildman–Crippen LogP) is 2.69. The second-order valence-electron chi connectivity index (χ2n) is 4.91. The monoisotopic (exact) mass is 310 g/mol. The van der Waals surface area contributed by atoms with E-state index in [1.165, 1.54) is 18.2 Å². The first-order valence-corrected chi connectivity index (χ1v) is 7.09. The largest absolute Gasteiger partial charge is 0.494 e. The highest BCUT2D eigenvalue weighted by Crippen LogP contribution is 2.22. The molecule has 116 valence electrons. The molecule has 0 saturated carbocycles. The Labute approximate surface area is 131 Å². The van der Waals surface area contributed by atoms with Gasteiger partial charge in [0.1, 0.15) is 11.6 Å². The summed E-state index contributed by atoms with van der Waals surface area (Å²) in [7, 11) is 0. The van der Waals surface area contributed by atoms with Crippen molar-refractivity contribution in [3.05, 3.63) is 58.4 Å². The lowest BCUT2D eigenvalue weighted by atomic mass is 10.1. The van der Waals surface area contributed by atoms with Crippen LogP contribution in [0.4, 0.5) is 0 Å². The number of hydrogen-bond acceptors (Lipinski definition) is 4. The number of H-pyrrole nitrogens is 1. The lowest BCUT2D eigenvalue weighted by Gasteiger charge is -2.07. The molecule has 0 atom stereocenters. The summed E-state index contributed by atoms with van der Waals surface area (Å²) in [5.74, 6) is -0.0208. The predicted molar refractivity (Wildman–Crippen MR) is 85.9 cm³/mol. The van der Waals surface area contributed by atoms with Crippen molar-refractivity contribution in [2.24, 2.45) is 0 Å². The number of carbonyl (C=O) groups is 1. The average molecular weight is 310 g/mol. The highest BCUT2D eigenvalue weighted by molar-refractivity contribution is 5.93. The molecule has 0 bridgehead atoms. The molecule has 0 unspecified atom stereocenters. The topological polar surface area (TPSA) is 92.3 Å². The lowest BCUT2D eigenvalue weighted by molar-refractivity contribution is 0.0697. The lowest BCUT2D eigenvalue weighted by Crippen LogP contribution is -2.10. The third kappa shape index (κ3) is 2.91. The van der Waals surface area contributed by atoms with Gasteiger partial charge in [-0.1, -0.05) is 12.1 Å². The molecule has 3 aromatic rings. The summed E-state index contributed by atoms with van der Waals surface area (Å²) in [5.41, 5.74) is 0.800. The molecule has 0 aliphatic heterocycles. The van der Waals surface area contributed by atoms with Crippen molar-refractivity contribution >= 4 is 16.9 Å². The number of carboxylic acid groups (broad SMARTS) is 1. The number of benzene rings is 2. The molecule has 0 aliphatic rings. The molecule has 0 amide bonds. The Balaban J connectivity index is 2.16. The molecule has 2 N–H and O–H groups in total. The van der Waals surface area contributed by atoms with Gasteiger partial charge in [0.05, 0.1) is 23.1 Å². The van der Waals surface area contributed by atoms with Crippen LogP contribution in [0.5, 0.6) is 5.75 Å². The van der Waals surface area contributed by atoms with Crippen LogP contribution in [0.25, 0.3) is 22.3 Å². The highest BCUT2D eigenvalue weighted by atomic mass is 16.5. The minimum atomic E-state index is -1.06. The standard InChI is InChI=1S/C17H14N2O4/c1-2-23-12-5-3-4-10(8-12)15-18-14-9-11(17(21)22)6-7-13(14)16(20)19-15/h3-9H,2H2,1H3,(H,21,22)(H,18,19,20). The summed E-state index contributed by atoms with van der Waals surface area (Å²) in [6, 6.07) is 11.4. The molecule has 2 aromatic carbocycles. The van der Waals surface area contributed by atoms with E-state index in [0.29, 0.717) is 34.6 Å². The molecular formula is C17H14N2O4. The van der Waals surface area contributed by atoms with Crippen molar-refractivity contribution in [2.45, 2.75) is 6.92 Å². The fourth-order valence-electron chi connectivity index (χ4n) is 2.31. The molecule has 6 nitrogen and oxygen atoms in total. The van der Waals surface area contributed by atoms with E-state index in [-0.39, 0.29) is 11.1 Å². The van der Waals surface area contributed by atoms with Crippen LogP contribution in [0.2, 0.25) is 0 Å².